The molecule has 0 amide bonds. The molecule has 0 radical (unpaired) electrons. The minimum atomic E-state index is -3.17. The number of hydrogen-bond donors (Lipinski definition) is 0. The largest absolute Gasteiger partial charge is 0.493 e. The Bertz CT molecular complexity index is 1150. The third-order valence-corrected chi connectivity index (χ3v) is 8.56. The zero-order valence-corrected chi connectivity index (χ0v) is 21.1. The van der Waals surface area contributed by atoms with Crippen LogP contribution in [0.4, 0.5) is 0 Å². The van der Waals surface area contributed by atoms with E-state index in [-0.39, 0.29) is 5.75 Å². The number of likely N-dealkylation sites (tertiary alicyclic amines) is 1. The van der Waals surface area contributed by atoms with Gasteiger partial charge in [0, 0.05) is 6.54 Å². The molecule has 0 N–H and O–H groups in total. The molecule has 3 aromatic rings. The van der Waals surface area contributed by atoms with Crippen LogP contribution in [0.5, 0.6) is 5.75 Å². The summed E-state index contributed by atoms with van der Waals surface area (Å²) in [5.74, 6) is 1.60. The van der Waals surface area contributed by atoms with E-state index < -0.39 is 9.84 Å². The second-order valence-corrected chi connectivity index (χ2v) is 11.6. The lowest BCUT2D eigenvalue weighted by atomic mass is 9.97. The third kappa shape index (κ3) is 6.49. The SMILES string of the molecule is CCS(=O)(=O)c1ccc(-c2ccc(OCC3CCN(CCc4ccc(C)cc4)CC3)cc2)cc1. The molecule has 0 atom stereocenters. The minimum absolute atomic E-state index is 0.116. The quantitative estimate of drug-likeness (QED) is 0.391. The maximum atomic E-state index is 12.0. The van der Waals surface area contributed by atoms with Gasteiger partial charge in [0.05, 0.1) is 17.3 Å². The van der Waals surface area contributed by atoms with Crippen molar-refractivity contribution < 1.29 is 13.2 Å². The molecular weight excluding hydrogens is 442 g/mol. The molecule has 4 rings (SSSR count). The van der Waals surface area contributed by atoms with Crippen molar-refractivity contribution in [1.82, 2.24) is 4.90 Å². The molecule has 1 saturated heterocycles. The second-order valence-electron chi connectivity index (χ2n) is 9.28. The average Bonchev–Trinajstić information content (AvgIpc) is 2.88. The van der Waals surface area contributed by atoms with Gasteiger partial charge >= 0.3 is 0 Å². The number of piperidine rings is 1. The average molecular weight is 478 g/mol. The maximum absolute atomic E-state index is 12.0. The number of nitrogens with zero attached hydrogens (tertiary/aromatic N) is 1. The lowest BCUT2D eigenvalue weighted by molar-refractivity contribution is 0.142. The van der Waals surface area contributed by atoms with Gasteiger partial charge in [0.2, 0.25) is 0 Å². The zero-order valence-electron chi connectivity index (χ0n) is 20.2. The summed E-state index contributed by atoms with van der Waals surface area (Å²) in [6.45, 7) is 7.97. The van der Waals surface area contributed by atoms with E-state index in [1.807, 2.05) is 36.4 Å². The van der Waals surface area contributed by atoms with Crippen LogP contribution in [-0.4, -0.2) is 45.3 Å². The minimum Gasteiger partial charge on any atom is -0.493 e. The number of benzene rings is 3. The molecule has 0 unspecified atom stereocenters. The van der Waals surface area contributed by atoms with Gasteiger partial charge in [0.15, 0.2) is 9.84 Å². The van der Waals surface area contributed by atoms with Crippen molar-refractivity contribution in [3.63, 3.8) is 0 Å². The van der Waals surface area contributed by atoms with Crippen molar-refractivity contribution in [2.75, 3.05) is 32.0 Å². The molecule has 180 valence electrons. The fraction of sp³-hybridized carbons (Fsp3) is 0.379. The van der Waals surface area contributed by atoms with Crippen molar-refractivity contribution >= 4 is 9.84 Å². The van der Waals surface area contributed by atoms with Gasteiger partial charge in [-0.05, 0) is 86.1 Å². The Labute approximate surface area is 204 Å². The van der Waals surface area contributed by atoms with Gasteiger partial charge in [-0.2, -0.15) is 0 Å². The number of rotatable bonds is 9. The van der Waals surface area contributed by atoms with Crippen LogP contribution in [-0.2, 0) is 16.3 Å². The van der Waals surface area contributed by atoms with Gasteiger partial charge in [-0.15, -0.1) is 0 Å². The Hall–Kier alpha value is -2.63. The molecule has 34 heavy (non-hydrogen) atoms. The highest BCUT2D eigenvalue weighted by Gasteiger charge is 2.19. The molecule has 1 aliphatic heterocycles. The van der Waals surface area contributed by atoms with Gasteiger partial charge in [0.25, 0.3) is 0 Å². The molecule has 0 spiro atoms. The van der Waals surface area contributed by atoms with E-state index in [0.29, 0.717) is 10.8 Å². The topological polar surface area (TPSA) is 46.6 Å². The monoisotopic (exact) mass is 477 g/mol. The Kier molecular flexibility index (Phi) is 8.07. The van der Waals surface area contributed by atoms with Crippen LogP contribution in [0.25, 0.3) is 11.1 Å². The summed E-state index contributed by atoms with van der Waals surface area (Å²) in [4.78, 5) is 2.95. The van der Waals surface area contributed by atoms with E-state index in [4.69, 9.17) is 4.74 Å². The number of aryl methyl sites for hydroxylation is 1. The fourth-order valence-corrected chi connectivity index (χ4v) is 5.28. The van der Waals surface area contributed by atoms with Crippen LogP contribution < -0.4 is 4.74 Å². The summed E-state index contributed by atoms with van der Waals surface area (Å²) >= 11 is 0. The van der Waals surface area contributed by atoms with Crippen LogP contribution >= 0.6 is 0 Å². The van der Waals surface area contributed by atoms with E-state index in [1.165, 1.54) is 24.0 Å². The molecular formula is C29H35NO3S. The molecule has 0 aliphatic carbocycles. The van der Waals surface area contributed by atoms with Crippen LogP contribution in [0.15, 0.2) is 77.7 Å². The van der Waals surface area contributed by atoms with Crippen LogP contribution in [0, 0.1) is 12.8 Å². The van der Waals surface area contributed by atoms with Crippen LogP contribution in [0.2, 0.25) is 0 Å². The zero-order chi connectivity index (χ0) is 24.0. The van der Waals surface area contributed by atoms with Gasteiger partial charge in [-0.1, -0.05) is 61.0 Å². The summed E-state index contributed by atoms with van der Waals surface area (Å²) in [5.41, 5.74) is 4.79. The van der Waals surface area contributed by atoms with Crippen molar-refractivity contribution in [3.8, 4) is 16.9 Å². The lowest BCUT2D eigenvalue weighted by Gasteiger charge is -2.31. The third-order valence-electron chi connectivity index (χ3n) is 6.81. The van der Waals surface area contributed by atoms with Crippen molar-refractivity contribution in [3.05, 3.63) is 83.9 Å². The standard InChI is InChI=1S/C29H35NO3S/c1-3-34(31,32)29-14-10-27(11-15-29)26-8-12-28(13-9-26)33-22-25-17-20-30(21-18-25)19-16-24-6-4-23(2)5-7-24/h4-15,25H,3,16-22H2,1-2H3. The first kappa shape index (κ1) is 24.5. The van der Waals surface area contributed by atoms with E-state index >= 15 is 0 Å². The highest BCUT2D eigenvalue weighted by molar-refractivity contribution is 7.91. The molecule has 1 heterocycles. The first-order chi connectivity index (χ1) is 16.4. The van der Waals surface area contributed by atoms with E-state index in [2.05, 4.69) is 36.1 Å². The summed E-state index contributed by atoms with van der Waals surface area (Å²) in [5, 5.41) is 0. The second kappa shape index (κ2) is 11.2. The molecule has 0 saturated carbocycles. The predicted molar refractivity (Wildman–Crippen MR) is 139 cm³/mol. The van der Waals surface area contributed by atoms with E-state index in [9.17, 15) is 8.42 Å². The Morgan fingerprint density at radius 3 is 2.03 bits per heavy atom. The van der Waals surface area contributed by atoms with Crippen LogP contribution in [0.1, 0.15) is 30.9 Å². The molecule has 3 aromatic carbocycles. The van der Waals surface area contributed by atoms with Gasteiger partial charge in [-0.25, -0.2) is 8.42 Å². The molecule has 1 fully saturated rings. The van der Waals surface area contributed by atoms with Crippen molar-refractivity contribution in [2.24, 2.45) is 5.92 Å². The van der Waals surface area contributed by atoms with Crippen LogP contribution in [0.3, 0.4) is 0 Å². The smallest absolute Gasteiger partial charge is 0.178 e. The fourth-order valence-electron chi connectivity index (χ4n) is 4.40. The predicted octanol–water partition coefficient (Wildman–Crippen LogP) is 5.79. The maximum Gasteiger partial charge on any atom is 0.178 e. The van der Waals surface area contributed by atoms with Crippen molar-refractivity contribution in [2.45, 2.75) is 38.0 Å². The molecule has 0 aromatic heterocycles. The Balaban J connectivity index is 1.21. The molecule has 4 nitrogen and oxygen atoms in total. The molecule has 5 heteroatoms. The van der Waals surface area contributed by atoms with Crippen molar-refractivity contribution in [1.29, 1.82) is 0 Å². The summed E-state index contributed by atoms with van der Waals surface area (Å²) in [7, 11) is -3.17. The van der Waals surface area contributed by atoms with Gasteiger partial charge < -0.3 is 9.64 Å². The normalized spacial score (nSPS) is 15.4. The van der Waals surface area contributed by atoms with E-state index in [0.717, 1.165) is 49.5 Å². The van der Waals surface area contributed by atoms with Gasteiger partial charge in [0.1, 0.15) is 5.75 Å². The highest BCUT2D eigenvalue weighted by atomic mass is 32.2. The first-order valence-corrected chi connectivity index (χ1v) is 13.9. The number of ether oxygens (including phenoxy) is 1. The highest BCUT2D eigenvalue weighted by Crippen LogP contribution is 2.25. The Morgan fingerprint density at radius 1 is 0.853 bits per heavy atom. The van der Waals surface area contributed by atoms with Gasteiger partial charge in [-0.3, -0.25) is 0 Å². The molecule has 0 bridgehead atoms. The molecule has 1 aliphatic rings. The number of hydrogen-bond acceptors (Lipinski definition) is 4. The summed E-state index contributed by atoms with van der Waals surface area (Å²) < 4.78 is 30.1. The first-order valence-electron chi connectivity index (χ1n) is 12.3. The lowest BCUT2D eigenvalue weighted by Crippen LogP contribution is -2.36. The summed E-state index contributed by atoms with van der Waals surface area (Å²) in [6, 6.07) is 24.1. The van der Waals surface area contributed by atoms with E-state index in [1.54, 1.807) is 19.1 Å². The summed E-state index contributed by atoms with van der Waals surface area (Å²) in [6.07, 6.45) is 3.48. The number of sulfone groups is 1. The Morgan fingerprint density at radius 2 is 1.44 bits per heavy atom.